The molecule has 16 heavy (non-hydrogen) atoms. The van der Waals surface area contributed by atoms with Crippen molar-refractivity contribution >= 4 is 6.29 Å². The summed E-state index contributed by atoms with van der Waals surface area (Å²) in [6.07, 6.45) is 3.24. The Balaban J connectivity index is 2.17. The third-order valence-corrected chi connectivity index (χ3v) is 3.28. The first kappa shape index (κ1) is 11.3. The molecule has 2 rings (SSSR count). The van der Waals surface area contributed by atoms with Crippen LogP contribution in [-0.2, 0) is 9.53 Å². The molecule has 1 aliphatic rings. The van der Waals surface area contributed by atoms with Crippen molar-refractivity contribution in [3.8, 4) is 0 Å². The summed E-state index contributed by atoms with van der Waals surface area (Å²) < 4.78 is 5.46. The molecule has 1 aliphatic heterocycles. The summed E-state index contributed by atoms with van der Waals surface area (Å²) >= 11 is 0. The number of ether oxygens (including phenoxy) is 1. The van der Waals surface area contributed by atoms with Gasteiger partial charge in [0.25, 0.3) is 0 Å². The Morgan fingerprint density at radius 2 is 2.38 bits per heavy atom. The quantitative estimate of drug-likeness (QED) is 0.729. The largest absolute Gasteiger partial charge is 0.381 e. The third kappa shape index (κ3) is 2.50. The van der Waals surface area contributed by atoms with E-state index in [0.29, 0.717) is 5.92 Å². The van der Waals surface area contributed by atoms with Gasteiger partial charge in [0, 0.05) is 12.5 Å². The van der Waals surface area contributed by atoms with Crippen LogP contribution in [0, 0.1) is 12.8 Å². The van der Waals surface area contributed by atoms with Crippen molar-refractivity contribution < 1.29 is 9.53 Å². The third-order valence-electron chi connectivity index (χ3n) is 3.28. The number of aryl methyl sites for hydroxylation is 1. The van der Waals surface area contributed by atoms with E-state index in [4.69, 9.17) is 4.74 Å². The molecule has 2 heteroatoms. The smallest absolute Gasteiger partial charge is 0.127 e. The predicted molar refractivity (Wildman–Crippen MR) is 63.5 cm³/mol. The van der Waals surface area contributed by atoms with Gasteiger partial charge < -0.3 is 9.53 Å². The van der Waals surface area contributed by atoms with Crippen molar-refractivity contribution in [2.24, 2.45) is 5.92 Å². The lowest BCUT2D eigenvalue weighted by molar-refractivity contribution is -0.111. The van der Waals surface area contributed by atoms with Crippen molar-refractivity contribution in [3.05, 3.63) is 35.4 Å². The van der Waals surface area contributed by atoms with E-state index < -0.39 is 0 Å². The molecule has 0 amide bonds. The highest BCUT2D eigenvalue weighted by Gasteiger charge is 2.25. The summed E-state index contributed by atoms with van der Waals surface area (Å²) in [5, 5.41) is 0. The summed E-state index contributed by atoms with van der Waals surface area (Å²) in [4.78, 5) is 11.3. The number of rotatable bonds is 3. The minimum atomic E-state index is 0.000185. The van der Waals surface area contributed by atoms with E-state index in [1.54, 1.807) is 0 Å². The molecule has 1 saturated heterocycles. The SMILES string of the molecule is Cc1cccc(C(C=O)C2CCCOC2)c1. The molecular weight excluding hydrogens is 200 g/mol. The second kappa shape index (κ2) is 5.26. The summed E-state index contributed by atoms with van der Waals surface area (Å²) in [6.45, 7) is 3.62. The molecule has 1 aromatic rings. The Labute approximate surface area is 96.6 Å². The van der Waals surface area contributed by atoms with Crippen LogP contribution in [0.25, 0.3) is 0 Å². The fourth-order valence-electron chi connectivity index (χ4n) is 2.39. The number of hydrogen-bond donors (Lipinski definition) is 0. The lowest BCUT2D eigenvalue weighted by Crippen LogP contribution is -2.24. The van der Waals surface area contributed by atoms with Gasteiger partial charge in [-0.2, -0.15) is 0 Å². The van der Waals surface area contributed by atoms with E-state index in [9.17, 15) is 4.79 Å². The Hall–Kier alpha value is -1.15. The molecule has 2 atom stereocenters. The van der Waals surface area contributed by atoms with Gasteiger partial charge in [0.05, 0.1) is 6.61 Å². The molecule has 0 spiro atoms. The number of carbonyl (C=O) groups excluding carboxylic acids is 1. The molecule has 0 saturated carbocycles. The molecule has 0 radical (unpaired) electrons. The highest BCUT2D eigenvalue weighted by Crippen LogP contribution is 2.29. The molecule has 0 bridgehead atoms. The zero-order chi connectivity index (χ0) is 11.4. The number of benzene rings is 1. The van der Waals surface area contributed by atoms with E-state index in [1.807, 2.05) is 12.1 Å². The van der Waals surface area contributed by atoms with Gasteiger partial charge in [-0.1, -0.05) is 29.8 Å². The zero-order valence-corrected chi connectivity index (χ0v) is 9.69. The summed E-state index contributed by atoms with van der Waals surface area (Å²) in [5.41, 5.74) is 2.34. The van der Waals surface area contributed by atoms with E-state index in [2.05, 4.69) is 19.1 Å². The molecule has 2 unspecified atom stereocenters. The van der Waals surface area contributed by atoms with Gasteiger partial charge in [-0.3, -0.25) is 0 Å². The minimum Gasteiger partial charge on any atom is -0.381 e. The van der Waals surface area contributed by atoms with E-state index in [-0.39, 0.29) is 5.92 Å². The maximum Gasteiger partial charge on any atom is 0.127 e. The average molecular weight is 218 g/mol. The lowest BCUT2D eigenvalue weighted by Gasteiger charge is -2.27. The van der Waals surface area contributed by atoms with Crippen molar-refractivity contribution in [1.29, 1.82) is 0 Å². The van der Waals surface area contributed by atoms with Gasteiger partial charge in [0.2, 0.25) is 0 Å². The second-order valence-corrected chi connectivity index (χ2v) is 4.55. The first-order chi connectivity index (χ1) is 7.81. The maximum absolute atomic E-state index is 11.3. The van der Waals surface area contributed by atoms with Crippen LogP contribution in [-0.4, -0.2) is 19.5 Å². The van der Waals surface area contributed by atoms with Crippen molar-refractivity contribution in [2.75, 3.05) is 13.2 Å². The number of carbonyl (C=O) groups is 1. The second-order valence-electron chi connectivity index (χ2n) is 4.55. The topological polar surface area (TPSA) is 26.3 Å². The van der Waals surface area contributed by atoms with Gasteiger partial charge in [0.1, 0.15) is 6.29 Å². The van der Waals surface area contributed by atoms with Crippen LogP contribution in [0.3, 0.4) is 0 Å². The van der Waals surface area contributed by atoms with Crippen molar-refractivity contribution in [2.45, 2.75) is 25.7 Å². The molecule has 86 valence electrons. The Bertz CT molecular complexity index is 354. The van der Waals surface area contributed by atoms with Gasteiger partial charge in [-0.15, -0.1) is 0 Å². The predicted octanol–water partition coefficient (Wildman–Crippen LogP) is 2.70. The minimum absolute atomic E-state index is 0.000185. The Kier molecular flexibility index (Phi) is 3.73. The number of hydrogen-bond acceptors (Lipinski definition) is 2. The summed E-state index contributed by atoms with van der Waals surface area (Å²) in [5.74, 6) is 0.355. The van der Waals surface area contributed by atoms with Crippen LogP contribution in [0.5, 0.6) is 0 Å². The van der Waals surface area contributed by atoms with Gasteiger partial charge in [-0.25, -0.2) is 0 Å². The van der Waals surface area contributed by atoms with Gasteiger partial charge >= 0.3 is 0 Å². The molecule has 0 aromatic heterocycles. The molecule has 1 fully saturated rings. The standard InChI is InChI=1S/C14H18O2/c1-11-4-2-5-12(8-11)14(9-15)13-6-3-7-16-10-13/h2,4-5,8-9,13-14H,3,6-7,10H2,1H3. The van der Waals surface area contributed by atoms with Crippen LogP contribution in [0.4, 0.5) is 0 Å². The fraction of sp³-hybridized carbons (Fsp3) is 0.500. The Morgan fingerprint density at radius 3 is 3.00 bits per heavy atom. The van der Waals surface area contributed by atoms with Crippen molar-refractivity contribution in [1.82, 2.24) is 0 Å². The molecule has 0 N–H and O–H groups in total. The van der Waals surface area contributed by atoms with E-state index >= 15 is 0 Å². The molecule has 0 aliphatic carbocycles. The van der Waals surface area contributed by atoms with Gasteiger partial charge in [0.15, 0.2) is 0 Å². The first-order valence-electron chi connectivity index (χ1n) is 5.91. The van der Waals surface area contributed by atoms with Crippen LogP contribution in [0.1, 0.15) is 29.9 Å². The van der Waals surface area contributed by atoms with E-state index in [0.717, 1.165) is 37.9 Å². The monoisotopic (exact) mass is 218 g/mol. The average Bonchev–Trinajstić information content (AvgIpc) is 2.31. The van der Waals surface area contributed by atoms with Crippen LogP contribution in [0.2, 0.25) is 0 Å². The van der Waals surface area contributed by atoms with Crippen LogP contribution < -0.4 is 0 Å². The highest BCUT2D eigenvalue weighted by atomic mass is 16.5. The maximum atomic E-state index is 11.3. The number of aldehydes is 1. The van der Waals surface area contributed by atoms with Crippen LogP contribution >= 0.6 is 0 Å². The van der Waals surface area contributed by atoms with Gasteiger partial charge in [-0.05, 0) is 31.2 Å². The molecule has 1 aromatic carbocycles. The summed E-state index contributed by atoms with van der Waals surface area (Å²) in [7, 11) is 0. The fourth-order valence-corrected chi connectivity index (χ4v) is 2.39. The summed E-state index contributed by atoms with van der Waals surface area (Å²) in [6, 6.07) is 8.22. The molecule has 2 nitrogen and oxygen atoms in total. The Morgan fingerprint density at radius 1 is 1.50 bits per heavy atom. The van der Waals surface area contributed by atoms with Crippen LogP contribution in [0.15, 0.2) is 24.3 Å². The molecular formula is C14H18O2. The highest BCUT2D eigenvalue weighted by molar-refractivity contribution is 5.63. The normalized spacial score (nSPS) is 22.7. The molecule has 1 heterocycles. The van der Waals surface area contributed by atoms with E-state index in [1.165, 1.54) is 5.56 Å². The first-order valence-corrected chi connectivity index (χ1v) is 5.91. The lowest BCUT2D eigenvalue weighted by atomic mass is 9.83. The van der Waals surface area contributed by atoms with Crippen molar-refractivity contribution in [3.63, 3.8) is 0 Å². The zero-order valence-electron chi connectivity index (χ0n) is 9.69.